The van der Waals surface area contributed by atoms with Crippen molar-refractivity contribution in [3.8, 4) is 0 Å². The molecule has 2 saturated carbocycles. The second kappa shape index (κ2) is 6.08. The quantitative estimate of drug-likeness (QED) is 0.555. The average molecular weight is 348 g/mol. The van der Waals surface area contributed by atoms with Crippen LogP contribution in [0.2, 0.25) is 0 Å². The molecule has 5 atom stereocenters. The van der Waals surface area contributed by atoms with Gasteiger partial charge in [-0.25, -0.2) is 0 Å². The summed E-state index contributed by atoms with van der Waals surface area (Å²) in [7, 11) is 0. The third kappa shape index (κ3) is 2.38. The van der Waals surface area contributed by atoms with Gasteiger partial charge in [-0.05, 0) is 91.6 Å². The summed E-state index contributed by atoms with van der Waals surface area (Å²) in [5, 5.41) is 0. The molecule has 4 aliphatic rings. The van der Waals surface area contributed by atoms with Crippen molar-refractivity contribution in [1.82, 2.24) is 4.98 Å². The van der Waals surface area contributed by atoms with Crippen LogP contribution in [0.5, 0.6) is 0 Å². The van der Waals surface area contributed by atoms with Gasteiger partial charge in [0.25, 0.3) is 0 Å². The molecule has 0 aliphatic heterocycles. The number of rotatable bonds is 2. The van der Waals surface area contributed by atoms with Gasteiger partial charge in [-0.1, -0.05) is 49.6 Å². The highest BCUT2D eigenvalue weighted by atomic mass is 14.6. The molecule has 0 bridgehead atoms. The third-order valence-corrected chi connectivity index (χ3v) is 8.88. The molecule has 1 aromatic rings. The zero-order chi connectivity index (χ0) is 17.8. The van der Waals surface area contributed by atoms with E-state index < -0.39 is 0 Å². The van der Waals surface area contributed by atoms with Crippen LogP contribution in [-0.4, -0.2) is 4.98 Å². The molecular formula is C25H33N. The first-order valence-corrected chi connectivity index (χ1v) is 10.9. The van der Waals surface area contributed by atoms with Crippen molar-refractivity contribution >= 4 is 0 Å². The topological polar surface area (TPSA) is 12.9 Å². The van der Waals surface area contributed by atoms with E-state index in [4.69, 9.17) is 0 Å². The van der Waals surface area contributed by atoms with Crippen molar-refractivity contribution in [3.63, 3.8) is 0 Å². The SMILES string of the molecule is C[C@]12CCCCC1=CC[C@@H]1[C@@H]2CC[C@]2(C)C(Cc3cccnc3)=CC[C@@H]12. The number of allylic oxidation sites excluding steroid dienone is 4. The van der Waals surface area contributed by atoms with Gasteiger partial charge in [-0.15, -0.1) is 0 Å². The third-order valence-electron chi connectivity index (χ3n) is 8.88. The Hall–Kier alpha value is -1.37. The fourth-order valence-electron chi connectivity index (χ4n) is 7.35. The number of nitrogens with zero attached hydrogens (tertiary/aromatic N) is 1. The van der Waals surface area contributed by atoms with Gasteiger partial charge >= 0.3 is 0 Å². The second-order valence-corrected chi connectivity index (χ2v) is 9.93. The first-order chi connectivity index (χ1) is 12.6. The molecule has 4 aliphatic carbocycles. The summed E-state index contributed by atoms with van der Waals surface area (Å²) < 4.78 is 0. The molecule has 0 saturated heterocycles. The minimum Gasteiger partial charge on any atom is -0.264 e. The highest BCUT2D eigenvalue weighted by molar-refractivity contribution is 5.32. The van der Waals surface area contributed by atoms with E-state index in [-0.39, 0.29) is 0 Å². The van der Waals surface area contributed by atoms with Crippen LogP contribution in [0.3, 0.4) is 0 Å². The molecule has 0 spiro atoms. The molecule has 5 rings (SSSR count). The standard InChI is InChI=1S/C25H33N/c1-24-13-4-3-7-19(24)8-10-21-22-11-9-20(16-18-6-5-15-26-17-18)25(22,2)14-12-23(21)24/h5-6,8-9,15,17,21-23H,3-4,7,10-14,16H2,1-2H3/t21-,22-,23-,24-,25+/m0/s1. The molecule has 0 aromatic carbocycles. The Morgan fingerprint density at radius 3 is 2.81 bits per heavy atom. The Balaban J connectivity index is 1.42. The second-order valence-electron chi connectivity index (χ2n) is 9.93. The van der Waals surface area contributed by atoms with E-state index in [1.165, 1.54) is 56.9 Å². The fraction of sp³-hybridized carbons (Fsp3) is 0.640. The maximum absolute atomic E-state index is 4.34. The van der Waals surface area contributed by atoms with E-state index in [2.05, 4.69) is 49.3 Å². The van der Waals surface area contributed by atoms with Gasteiger partial charge in [0.15, 0.2) is 0 Å². The van der Waals surface area contributed by atoms with Gasteiger partial charge in [0, 0.05) is 12.4 Å². The predicted octanol–water partition coefficient (Wildman–Crippen LogP) is 6.51. The fourth-order valence-corrected chi connectivity index (χ4v) is 7.35. The van der Waals surface area contributed by atoms with Crippen LogP contribution >= 0.6 is 0 Å². The van der Waals surface area contributed by atoms with Crippen molar-refractivity contribution in [1.29, 1.82) is 0 Å². The molecular weight excluding hydrogens is 314 g/mol. The minimum absolute atomic E-state index is 0.424. The number of hydrogen-bond donors (Lipinski definition) is 0. The van der Waals surface area contributed by atoms with Gasteiger partial charge in [-0.3, -0.25) is 4.98 Å². The number of hydrogen-bond acceptors (Lipinski definition) is 1. The minimum atomic E-state index is 0.424. The predicted molar refractivity (Wildman–Crippen MR) is 108 cm³/mol. The molecule has 1 aromatic heterocycles. The van der Waals surface area contributed by atoms with Crippen LogP contribution in [0.1, 0.15) is 70.8 Å². The summed E-state index contributed by atoms with van der Waals surface area (Å²) >= 11 is 0. The summed E-state index contributed by atoms with van der Waals surface area (Å²) in [6.45, 7) is 5.21. The zero-order valence-corrected chi connectivity index (χ0v) is 16.5. The van der Waals surface area contributed by atoms with Crippen molar-refractivity contribution < 1.29 is 0 Å². The Morgan fingerprint density at radius 1 is 1.04 bits per heavy atom. The molecule has 26 heavy (non-hydrogen) atoms. The first kappa shape index (κ1) is 16.8. The molecule has 138 valence electrons. The summed E-state index contributed by atoms with van der Waals surface area (Å²) in [6.07, 6.45) is 21.6. The molecule has 0 amide bonds. The van der Waals surface area contributed by atoms with Crippen molar-refractivity contribution in [2.45, 2.75) is 71.6 Å². The monoisotopic (exact) mass is 347 g/mol. The Kier molecular flexibility index (Phi) is 3.92. The Morgan fingerprint density at radius 2 is 1.96 bits per heavy atom. The molecule has 0 radical (unpaired) electrons. The highest BCUT2D eigenvalue weighted by Gasteiger charge is 2.55. The maximum Gasteiger partial charge on any atom is 0.0303 e. The lowest BCUT2D eigenvalue weighted by molar-refractivity contribution is -0.0173. The summed E-state index contributed by atoms with van der Waals surface area (Å²) in [5.74, 6) is 2.71. The van der Waals surface area contributed by atoms with Crippen LogP contribution in [0.4, 0.5) is 0 Å². The van der Waals surface area contributed by atoms with Gasteiger partial charge in [0.2, 0.25) is 0 Å². The van der Waals surface area contributed by atoms with E-state index in [0.717, 1.165) is 24.2 Å². The lowest BCUT2D eigenvalue weighted by Crippen LogP contribution is -2.49. The molecule has 1 nitrogen and oxygen atoms in total. The molecule has 1 heterocycles. The molecule has 2 fully saturated rings. The molecule has 1 heteroatoms. The molecule has 0 N–H and O–H groups in total. The number of fused-ring (bicyclic) bond motifs is 5. The summed E-state index contributed by atoms with van der Waals surface area (Å²) in [5.41, 5.74) is 5.86. The van der Waals surface area contributed by atoms with Crippen LogP contribution in [0.25, 0.3) is 0 Å². The van der Waals surface area contributed by atoms with Crippen LogP contribution in [-0.2, 0) is 6.42 Å². The van der Waals surface area contributed by atoms with Crippen LogP contribution < -0.4 is 0 Å². The number of aromatic nitrogens is 1. The summed E-state index contributed by atoms with van der Waals surface area (Å²) in [4.78, 5) is 4.34. The van der Waals surface area contributed by atoms with E-state index in [1.54, 1.807) is 5.57 Å². The van der Waals surface area contributed by atoms with Gasteiger partial charge in [-0.2, -0.15) is 0 Å². The lowest BCUT2D eigenvalue weighted by Gasteiger charge is -2.57. The van der Waals surface area contributed by atoms with E-state index in [1.807, 2.05) is 11.8 Å². The first-order valence-electron chi connectivity index (χ1n) is 10.9. The lowest BCUT2D eigenvalue weighted by atomic mass is 9.47. The van der Waals surface area contributed by atoms with Crippen molar-refractivity contribution in [2.75, 3.05) is 0 Å². The van der Waals surface area contributed by atoms with E-state index in [9.17, 15) is 0 Å². The van der Waals surface area contributed by atoms with E-state index in [0.29, 0.717) is 10.8 Å². The average Bonchev–Trinajstić information content (AvgIpc) is 2.98. The van der Waals surface area contributed by atoms with Gasteiger partial charge in [0.05, 0.1) is 0 Å². The summed E-state index contributed by atoms with van der Waals surface area (Å²) in [6, 6.07) is 4.33. The maximum atomic E-state index is 4.34. The Bertz CT molecular complexity index is 745. The largest absolute Gasteiger partial charge is 0.264 e. The van der Waals surface area contributed by atoms with Gasteiger partial charge < -0.3 is 0 Å². The van der Waals surface area contributed by atoms with Gasteiger partial charge in [0.1, 0.15) is 0 Å². The number of pyridine rings is 1. The van der Waals surface area contributed by atoms with Crippen LogP contribution in [0.15, 0.2) is 47.8 Å². The Labute approximate surface area is 159 Å². The zero-order valence-electron chi connectivity index (χ0n) is 16.5. The normalized spacial score (nSPS) is 41.5. The van der Waals surface area contributed by atoms with Crippen molar-refractivity contribution in [2.24, 2.45) is 28.6 Å². The van der Waals surface area contributed by atoms with Crippen molar-refractivity contribution in [3.05, 3.63) is 53.4 Å². The van der Waals surface area contributed by atoms with E-state index >= 15 is 0 Å². The smallest absolute Gasteiger partial charge is 0.0303 e. The highest BCUT2D eigenvalue weighted by Crippen LogP contribution is 2.65. The molecule has 0 unspecified atom stereocenters. The van der Waals surface area contributed by atoms with Crippen LogP contribution in [0, 0.1) is 28.6 Å².